The Labute approximate surface area is 439 Å². The van der Waals surface area contributed by atoms with Crippen LogP contribution in [-0.4, -0.2) is 94.5 Å². The Bertz CT molecular complexity index is 3010. The zero-order valence-corrected chi connectivity index (χ0v) is 43.2. The van der Waals surface area contributed by atoms with Gasteiger partial charge in [-0.2, -0.15) is 0 Å². The Morgan fingerprint density at radius 1 is 0.446 bits per heavy atom. The van der Waals surface area contributed by atoms with E-state index in [0.717, 1.165) is 40.2 Å². The standard InChI is InChI=1S/C21H21N3O2.C15H16N2O2.C14H14N2O2.C7H6BrNO2/c1-23(15-17-8-4-2-5-9-17)19-12-13-22-20(14-19)21(25)24(26)16-18-10-6-3-7-11-18;1-17(11-12-6-4-3-5-7-12)13-8-9-16-14(10-13)15(18)19-2;1-16(10-11-5-3-2-4-6-11)12-7-8-15-13(9-12)14(17)18;1-11-7(10)6-4-5(8)2-3-9-6/h2-14,26H,15-16H2,1H3;3-10H,11H2,1-2H3;2-9H,10H2,1H3,(H,17,18);2-4H,1H3. The predicted molar refractivity (Wildman–Crippen MR) is 288 cm³/mol. The van der Waals surface area contributed by atoms with Gasteiger partial charge >= 0.3 is 17.9 Å². The Morgan fingerprint density at radius 3 is 1.12 bits per heavy atom. The van der Waals surface area contributed by atoms with Crippen LogP contribution in [0.1, 0.15) is 64.2 Å². The molecule has 1 amide bonds. The molecule has 0 spiro atoms. The van der Waals surface area contributed by atoms with E-state index in [1.807, 2.05) is 140 Å². The maximum atomic E-state index is 12.5. The normalized spacial score (nSPS) is 10.0. The lowest BCUT2D eigenvalue weighted by atomic mass is 10.2. The Morgan fingerprint density at radius 2 is 0.757 bits per heavy atom. The third-order valence-corrected chi connectivity index (χ3v) is 11.2. The van der Waals surface area contributed by atoms with E-state index in [1.165, 1.54) is 43.3 Å². The molecule has 0 unspecified atom stereocenters. The molecule has 0 bridgehead atoms. The van der Waals surface area contributed by atoms with Crippen molar-refractivity contribution in [3.63, 3.8) is 0 Å². The van der Waals surface area contributed by atoms with E-state index >= 15 is 0 Å². The number of benzene rings is 4. The molecule has 380 valence electrons. The van der Waals surface area contributed by atoms with Crippen LogP contribution in [0, 0.1) is 0 Å². The van der Waals surface area contributed by atoms with E-state index in [4.69, 9.17) is 5.11 Å². The number of aromatic carboxylic acids is 1. The summed E-state index contributed by atoms with van der Waals surface area (Å²) >= 11 is 3.21. The van der Waals surface area contributed by atoms with Gasteiger partial charge in [0, 0.05) is 87.1 Å². The second kappa shape index (κ2) is 29.5. The number of carbonyl (C=O) groups excluding carboxylic acids is 3. The molecule has 0 aliphatic rings. The lowest BCUT2D eigenvalue weighted by molar-refractivity contribution is -0.0652. The zero-order chi connectivity index (χ0) is 53.2. The first kappa shape index (κ1) is 56.1. The molecule has 0 saturated heterocycles. The molecular formula is C57H57BrN8O8. The van der Waals surface area contributed by atoms with Crippen LogP contribution in [0.2, 0.25) is 0 Å². The Kier molecular flexibility index (Phi) is 22.4. The number of carbonyl (C=O) groups is 4. The van der Waals surface area contributed by atoms with Crippen LogP contribution in [0.25, 0.3) is 0 Å². The molecule has 0 fully saturated rings. The second-order valence-electron chi connectivity index (χ2n) is 16.2. The summed E-state index contributed by atoms with van der Waals surface area (Å²) in [6.45, 7) is 2.33. The number of rotatable bonds is 15. The van der Waals surface area contributed by atoms with Crippen LogP contribution in [0.5, 0.6) is 0 Å². The third kappa shape index (κ3) is 18.4. The number of ether oxygens (including phenoxy) is 2. The van der Waals surface area contributed by atoms with E-state index in [1.54, 1.807) is 48.8 Å². The van der Waals surface area contributed by atoms with Gasteiger partial charge in [-0.3, -0.25) is 15.0 Å². The summed E-state index contributed by atoms with van der Waals surface area (Å²) in [5, 5.41) is 19.7. The smallest absolute Gasteiger partial charge is 0.356 e. The number of nitrogens with zero attached hydrogens (tertiary/aromatic N) is 8. The Hall–Kier alpha value is -8.80. The number of pyridine rings is 4. The predicted octanol–water partition coefficient (Wildman–Crippen LogP) is 10.3. The summed E-state index contributed by atoms with van der Waals surface area (Å²) in [7, 11) is 8.53. The summed E-state index contributed by atoms with van der Waals surface area (Å²) in [6, 6.07) is 53.4. The number of esters is 2. The van der Waals surface area contributed by atoms with Gasteiger partial charge in [-0.15, -0.1) is 0 Å². The van der Waals surface area contributed by atoms with Crippen LogP contribution >= 0.6 is 15.9 Å². The van der Waals surface area contributed by atoms with E-state index in [9.17, 15) is 24.4 Å². The molecule has 2 N–H and O–H groups in total. The van der Waals surface area contributed by atoms with Gasteiger partial charge in [-0.1, -0.05) is 137 Å². The maximum Gasteiger partial charge on any atom is 0.356 e. The molecule has 4 aromatic carbocycles. The topological polar surface area (TPSA) is 192 Å². The second-order valence-corrected chi connectivity index (χ2v) is 17.1. The van der Waals surface area contributed by atoms with E-state index in [0.29, 0.717) is 23.0 Å². The zero-order valence-electron chi connectivity index (χ0n) is 41.6. The third-order valence-electron chi connectivity index (χ3n) is 10.7. The van der Waals surface area contributed by atoms with Crippen LogP contribution in [0.3, 0.4) is 0 Å². The molecule has 74 heavy (non-hydrogen) atoms. The minimum Gasteiger partial charge on any atom is -0.477 e. The number of hydrogen-bond donors (Lipinski definition) is 2. The van der Waals surface area contributed by atoms with Crippen molar-refractivity contribution < 1.29 is 39.0 Å². The van der Waals surface area contributed by atoms with Gasteiger partial charge in [0.25, 0.3) is 5.91 Å². The first-order valence-corrected chi connectivity index (χ1v) is 23.7. The fraction of sp³-hybridized carbons (Fsp3) is 0.158. The van der Waals surface area contributed by atoms with Gasteiger partial charge in [0.15, 0.2) is 0 Å². The largest absolute Gasteiger partial charge is 0.477 e. The number of hydrogen-bond acceptors (Lipinski definition) is 14. The number of anilines is 3. The van der Waals surface area contributed by atoms with E-state index in [-0.39, 0.29) is 17.9 Å². The van der Waals surface area contributed by atoms with Crippen LogP contribution in [-0.2, 0) is 35.7 Å². The van der Waals surface area contributed by atoms with Crippen molar-refractivity contribution in [2.24, 2.45) is 0 Å². The van der Waals surface area contributed by atoms with Gasteiger partial charge in [0.05, 0.1) is 20.8 Å². The van der Waals surface area contributed by atoms with Crippen LogP contribution in [0.15, 0.2) is 199 Å². The van der Waals surface area contributed by atoms with Gasteiger partial charge in [-0.25, -0.2) is 34.4 Å². The van der Waals surface area contributed by atoms with Gasteiger partial charge in [-0.05, 0) is 70.8 Å². The molecule has 0 radical (unpaired) electrons. The summed E-state index contributed by atoms with van der Waals surface area (Å²) in [4.78, 5) is 67.4. The molecule has 0 aliphatic carbocycles. The van der Waals surface area contributed by atoms with Crippen molar-refractivity contribution in [2.75, 3.05) is 50.1 Å². The van der Waals surface area contributed by atoms with Crippen molar-refractivity contribution in [3.05, 3.63) is 244 Å². The number of carboxylic acids is 1. The highest BCUT2D eigenvalue weighted by atomic mass is 79.9. The summed E-state index contributed by atoms with van der Waals surface area (Å²) in [5.41, 5.74) is 7.93. The molecule has 16 nitrogen and oxygen atoms in total. The highest BCUT2D eigenvalue weighted by Gasteiger charge is 2.17. The summed E-state index contributed by atoms with van der Waals surface area (Å²) in [6.07, 6.45) is 6.25. The molecule has 4 heterocycles. The molecule has 17 heteroatoms. The first-order chi connectivity index (χ1) is 35.7. The molecule has 0 aliphatic heterocycles. The SMILES string of the molecule is CN(Cc1ccccc1)c1ccnc(C(=O)N(O)Cc2ccccc2)c1.CN(Cc1ccccc1)c1ccnc(C(=O)O)c1.COC(=O)c1cc(Br)ccn1.COC(=O)c1cc(N(C)Cc2ccccc2)ccn1. The molecule has 0 saturated carbocycles. The monoisotopic (exact) mass is 1060 g/mol. The van der Waals surface area contributed by atoms with Crippen LogP contribution < -0.4 is 14.7 Å². The molecular weight excluding hydrogens is 1000 g/mol. The van der Waals surface area contributed by atoms with E-state index in [2.05, 4.69) is 74.5 Å². The number of aromatic nitrogens is 4. The molecule has 4 aromatic heterocycles. The molecule has 8 rings (SSSR count). The minimum atomic E-state index is -1.01. The maximum absolute atomic E-state index is 12.5. The van der Waals surface area contributed by atoms with Gasteiger partial charge < -0.3 is 29.3 Å². The molecule has 8 aromatic rings. The fourth-order valence-corrected chi connectivity index (χ4v) is 7.18. The van der Waals surface area contributed by atoms with Crippen molar-refractivity contribution >= 4 is 56.8 Å². The average molecular weight is 1060 g/mol. The first-order valence-electron chi connectivity index (χ1n) is 22.9. The van der Waals surface area contributed by atoms with Gasteiger partial charge in [0.1, 0.15) is 22.8 Å². The summed E-state index contributed by atoms with van der Waals surface area (Å²) in [5.74, 6) is -2.38. The molecule has 0 atom stereocenters. The average Bonchev–Trinajstić information content (AvgIpc) is 3.44. The van der Waals surface area contributed by atoms with Crippen molar-refractivity contribution in [2.45, 2.75) is 26.2 Å². The Balaban J connectivity index is 0.000000190. The van der Waals surface area contributed by atoms with Crippen molar-refractivity contribution in [1.82, 2.24) is 25.0 Å². The number of carboxylic acid groups (broad SMARTS) is 1. The van der Waals surface area contributed by atoms with Gasteiger partial charge in [0.2, 0.25) is 0 Å². The van der Waals surface area contributed by atoms with Crippen molar-refractivity contribution in [3.8, 4) is 0 Å². The fourth-order valence-electron chi connectivity index (χ4n) is 6.85. The number of halogens is 1. The summed E-state index contributed by atoms with van der Waals surface area (Å²) < 4.78 is 9.95. The number of methoxy groups -OCH3 is 2. The van der Waals surface area contributed by atoms with Crippen molar-refractivity contribution in [1.29, 1.82) is 0 Å². The van der Waals surface area contributed by atoms with E-state index < -0.39 is 23.8 Å². The lowest BCUT2D eigenvalue weighted by Gasteiger charge is -2.20. The highest BCUT2D eigenvalue weighted by molar-refractivity contribution is 9.10. The highest BCUT2D eigenvalue weighted by Crippen LogP contribution is 2.20. The minimum absolute atomic E-state index is 0.0624. The lowest BCUT2D eigenvalue weighted by Crippen LogP contribution is -2.28. The quantitative estimate of drug-likeness (QED) is 0.0559. The van der Waals surface area contributed by atoms with Crippen LogP contribution in [0.4, 0.5) is 17.1 Å². The number of amides is 1. The number of hydroxylamine groups is 2.